The molecular formula is C33H40N2O6Si. The van der Waals surface area contributed by atoms with E-state index in [1.54, 1.807) is 19.4 Å². The Bertz CT molecular complexity index is 1550. The molecule has 222 valence electrons. The number of pyridine rings is 1. The first-order valence-electron chi connectivity index (χ1n) is 14.0. The molecule has 1 aromatic heterocycles. The van der Waals surface area contributed by atoms with Gasteiger partial charge in [0, 0.05) is 12.3 Å². The number of hydrogen-bond donors (Lipinski definition) is 2. The van der Waals surface area contributed by atoms with E-state index >= 15 is 0 Å². The van der Waals surface area contributed by atoms with Crippen molar-refractivity contribution in [2.24, 2.45) is 0 Å². The number of methoxy groups -OCH3 is 1. The Balaban J connectivity index is 1.71. The number of hydrogen-bond acceptors (Lipinski definition) is 6. The monoisotopic (exact) mass is 588 g/mol. The normalized spacial score (nSPS) is 12.5. The number of H-pyrrole nitrogens is 1. The molecule has 8 nitrogen and oxygen atoms in total. The zero-order chi connectivity index (χ0) is 30.3. The Labute approximate surface area is 248 Å². The van der Waals surface area contributed by atoms with Gasteiger partial charge in [0.25, 0.3) is 0 Å². The summed E-state index contributed by atoms with van der Waals surface area (Å²) in [5.41, 5.74) is 2.77. The van der Waals surface area contributed by atoms with Crippen LogP contribution in [0, 0.1) is 0 Å². The molecule has 0 saturated carbocycles. The fourth-order valence-corrected chi connectivity index (χ4v) is 5.60. The molecule has 4 rings (SSSR count). The summed E-state index contributed by atoms with van der Waals surface area (Å²) in [6.07, 6.45) is 0.362. The standard InChI is InChI=1S/C33H40N2O6Si/c1-33(2,3)42(5,6)41-28(20-35-32(37)40-22-24-15-11-8-12-16-24)25-19-27(38-4)31(30-29(25)26(36)17-18-34-30)39-21-23-13-9-7-10-14-23/h7-19,28H,20-22H2,1-6H3,(H,34,36)(H,35,37). The maximum atomic E-state index is 13.4. The van der Waals surface area contributed by atoms with Crippen LogP contribution >= 0.6 is 0 Å². The molecule has 3 aromatic carbocycles. The summed E-state index contributed by atoms with van der Waals surface area (Å²) in [6.45, 7) is 11.2. The second-order valence-corrected chi connectivity index (χ2v) is 16.4. The third-order valence-corrected chi connectivity index (χ3v) is 12.2. The Morgan fingerprint density at radius 1 is 0.952 bits per heavy atom. The minimum Gasteiger partial charge on any atom is -0.493 e. The van der Waals surface area contributed by atoms with Crippen LogP contribution in [-0.4, -0.2) is 33.0 Å². The summed E-state index contributed by atoms with van der Waals surface area (Å²) >= 11 is 0. The van der Waals surface area contributed by atoms with E-state index in [-0.39, 0.29) is 23.6 Å². The van der Waals surface area contributed by atoms with E-state index < -0.39 is 20.5 Å². The number of benzene rings is 3. The van der Waals surface area contributed by atoms with Gasteiger partial charge in [0.2, 0.25) is 0 Å². The fraction of sp³-hybridized carbons (Fsp3) is 0.333. The largest absolute Gasteiger partial charge is 0.493 e. The van der Waals surface area contributed by atoms with E-state index in [1.807, 2.05) is 60.7 Å². The van der Waals surface area contributed by atoms with E-state index in [2.05, 4.69) is 44.2 Å². The van der Waals surface area contributed by atoms with Crippen LogP contribution in [0.25, 0.3) is 10.9 Å². The Hall–Kier alpha value is -4.08. The number of rotatable bonds is 11. The van der Waals surface area contributed by atoms with Gasteiger partial charge in [0.15, 0.2) is 25.2 Å². The number of carbonyl (C=O) groups excluding carboxylic acids is 1. The first kappa shape index (κ1) is 30.9. The van der Waals surface area contributed by atoms with Gasteiger partial charge in [-0.1, -0.05) is 81.4 Å². The van der Waals surface area contributed by atoms with Crippen LogP contribution in [0.4, 0.5) is 4.79 Å². The maximum absolute atomic E-state index is 13.4. The molecule has 1 heterocycles. The van der Waals surface area contributed by atoms with Gasteiger partial charge in [-0.25, -0.2) is 4.79 Å². The highest BCUT2D eigenvalue weighted by Gasteiger charge is 2.40. The number of fused-ring (bicyclic) bond motifs is 1. The maximum Gasteiger partial charge on any atom is 0.407 e. The van der Waals surface area contributed by atoms with Crippen LogP contribution in [0.15, 0.2) is 83.8 Å². The van der Waals surface area contributed by atoms with Crippen LogP contribution in [0.5, 0.6) is 11.5 Å². The molecule has 0 spiro atoms. The molecule has 1 amide bonds. The van der Waals surface area contributed by atoms with E-state index in [0.717, 1.165) is 11.1 Å². The molecule has 0 bridgehead atoms. The van der Waals surface area contributed by atoms with E-state index in [0.29, 0.717) is 34.6 Å². The average Bonchev–Trinajstić information content (AvgIpc) is 2.97. The molecule has 2 N–H and O–H groups in total. The van der Waals surface area contributed by atoms with Crippen molar-refractivity contribution >= 4 is 25.3 Å². The zero-order valence-electron chi connectivity index (χ0n) is 25.2. The van der Waals surface area contributed by atoms with Crippen LogP contribution in [0.1, 0.15) is 43.6 Å². The number of aromatic amines is 1. The van der Waals surface area contributed by atoms with E-state index in [1.165, 1.54) is 6.07 Å². The van der Waals surface area contributed by atoms with Crippen LogP contribution in [-0.2, 0) is 22.4 Å². The molecule has 0 aliphatic rings. The number of ether oxygens (including phenoxy) is 3. The van der Waals surface area contributed by atoms with Gasteiger partial charge in [-0.05, 0) is 40.9 Å². The Morgan fingerprint density at radius 3 is 2.17 bits per heavy atom. The fourth-order valence-electron chi connectivity index (χ4n) is 4.32. The Kier molecular flexibility index (Phi) is 9.75. The summed E-state index contributed by atoms with van der Waals surface area (Å²) in [5.74, 6) is 0.880. The summed E-state index contributed by atoms with van der Waals surface area (Å²) in [4.78, 5) is 29.4. The van der Waals surface area contributed by atoms with Crippen molar-refractivity contribution in [1.82, 2.24) is 10.3 Å². The molecule has 1 unspecified atom stereocenters. The first-order valence-corrected chi connectivity index (χ1v) is 16.9. The number of carbonyl (C=O) groups is 1. The predicted octanol–water partition coefficient (Wildman–Crippen LogP) is 7.11. The van der Waals surface area contributed by atoms with Gasteiger partial charge in [0.1, 0.15) is 13.2 Å². The molecule has 9 heteroatoms. The lowest BCUT2D eigenvalue weighted by atomic mass is 10.0. The second kappa shape index (κ2) is 13.3. The van der Waals surface area contributed by atoms with Crippen molar-refractivity contribution in [2.45, 2.75) is 58.2 Å². The lowest BCUT2D eigenvalue weighted by Gasteiger charge is -2.39. The smallest absolute Gasteiger partial charge is 0.407 e. The van der Waals surface area contributed by atoms with Crippen LogP contribution in [0.3, 0.4) is 0 Å². The molecular weight excluding hydrogens is 548 g/mol. The quantitative estimate of drug-likeness (QED) is 0.181. The first-order chi connectivity index (χ1) is 20.0. The van der Waals surface area contributed by atoms with Crippen molar-refractivity contribution in [3.05, 3.63) is 106 Å². The SMILES string of the molecule is COc1cc(C(CNC(=O)OCc2ccccc2)O[Si](C)(C)C(C)(C)C)c2c(=O)cc[nH]c2c1OCc1ccccc1. The molecule has 42 heavy (non-hydrogen) atoms. The number of alkyl carbamates (subject to hydrolysis) is 1. The third-order valence-electron chi connectivity index (χ3n) is 7.67. The van der Waals surface area contributed by atoms with Gasteiger partial charge < -0.3 is 28.9 Å². The molecule has 1 atom stereocenters. The van der Waals surface area contributed by atoms with E-state index in [9.17, 15) is 9.59 Å². The summed E-state index contributed by atoms with van der Waals surface area (Å²) in [6, 6.07) is 22.5. The lowest BCUT2D eigenvalue weighted by molar-refractivity contribution is 0.128. The van der Waals surface area contributed by atoms with Crippen molar-refractivity contribution in [3.8, 4) is 11.5 Å². The zero-order valence-corrected chi connectivity index (χ0v) is 26.2. The molecule has 0 radical (unpaired) electrons. The minimum atomic E-state index is -2.38. The topological polar surface area (TPSA) is 98.9 Å². The van der Waals surface area contributed by atoms with Crippen molar-refractivity contribution in [2.75, 3.05) is 13.7 Å². The minimum absolute atomic E-state index is 0.0942. The van der Waals surface area contributed by atoms with Crippen LogP contribution < -0.4 is 20.2 Å². The molecule has 0 aliphatic carbocycles. The van der Waals surface area contributed by atoms with E-state index in [4.69, 9.17) is 18.6 Å². The van der Waals surface area contributed by atoms with Gasteiger partial charge >= 0.3 is 6.09 Å². The molecule has 0 aliphatic heterocycles. The van der Waals surface area contributed by atoms with Gasteiger partial charge in [-0.3, -0.25) is 4.79 Å². The predicted molar refractivity (Wildman–Crippen MR) is 168 cm³/mol. The Morgan fingerprint density at radius 2 is 1.57 bits per heavy atom. The van der Waals surface area contributed by atoms with Gasteiger partial charge in [0.05, 0.1) is 30.7 Å². The summed E-state index contributed by atoms with van der Waals surface area (Å²) in [7, 11) is -0.816. The highest BCUT2D eigenvalue weighted by Crippen LogP contribution is 2.43. The lowest BCUT2D eigenvalue weighted by Crippen LogP contribution is -2.44. The van der Waals surface area contributed by atoms with Gasteiger partial charge in [-0.15, -0.1) is 0 Å². The van der Waals surface area contributed by atoms with Crippen LogP contribution in [0.2, 0.25) is 18.1 Å². The van der Waals surface area contributed by atoms with Crippen molar-refractivity contribution < 1.29 is 23.4 Å². The van der Waals surface area contributed by atoms with Crippen molar-refractivity contribution in [3.63, 3.8) is 0 Å². The number of aromatic nitrogens is 1. The molecule has 4 aromatic rings. The molecule has 0 fully saturated rings. The second-order valence-electron chi connectivity index (χ2n) is 11.7. The number of amides is 1. The summed E-state index contributed by atoms with van der Waals surface area (Å²) in [5, 5.41) is 3.16. The van der Waals surface area contributed by atoms with Gasteiger partial charge in [-0.2, -0.15) is 0 Å². The molecule has 0 saturated heterocycles. The summed E-state index contributed by atoms with van der Waals surface area (Å²) < 4.78 is 24.3. The van der Waals surface area contributed by atoms with Crippen molar-refractivity contribution in [1.29, 1.82) is 0 Å². The average molecular weight is 589 g/mol. The third kappa shape index (κ3) is 7.40. The highest BCUT2D eigenvalue weighted by molar-refractivity contribution is 6.74. The number of nitrogens with one attached hydrogen (secondary N) is 2. The highest BCUT2D eigenvalue weighted by atomic mass is 28.4.